The van der Waals surface area contributed by atoms with Crippen molar-refractivity contribution in [3.05, 3.63) is 0 Å². The summed E-state index contributed by atoms with van der Waals surface area (Å²) in [6.07, 6.45) is 0. The van der Waals surface area contributed by atoms with E-state index < -0.39 is 8.56 Å². The van der Waals surface area contributed by atoms with Crippen molar-refractivity contribution < 1.29 is 8.85 Å². The van der Waals surface area contributed by atoms with E-state index in [0.717, 1.165) is 25.3 Å². The number of rotatable bonds is 10. The van der Waals surface area contributed by atoms with Crippen LogP contribution in [0.4, 0.5) is 0 Å². The Hall–Kier alpha value is 0.137. The van der Waals surface area contributed by atoms with Gasteiger partial charge in [0.25, 0.3) is 0 Å². The van der Waals surface area contributed by atoms with Gasteiger partial charge in [0.15, 0.2) is 0 Å². The van der Waals surface area contributed by atoms with E-state index in [1.165, 1.54) is 0 Å². The molecule has 0 fully saturated rings. The molecule has 0 amide bonds. The fourth-order valence-electron chi connectivity index (χ4n) is 2.24. The van der Waals surface area contributed by atoms with Gasteiger partial charge >= 0.3 is 8.56 Å². The summed E-state index contributed by atoms with van der Waals surface area (Å²) in [4.78, 5) is 0. The SMILES string of the molecule is CC(C)CO[Si](CC(C)C)(CC(C)C)OCC(C)C. The van der Waals surface area contributed by atoms with Crippen LogP contribution in [-0.4, -0.2) is 21.8 Å². The molecule has 0 unspecified atom stereocenters. The summed E-state index contributed by atoms with van der Waals surface area (Å²) in [5.74, 6) is 2.44. The lowest BCUT2D eigenvalue weighted by Gasteiger charge is -2.35. The Balaban J connectivity index is 4.83. The van der Waals surface area contributed by atoms with Gasteiger partial charge in [0.1, 0.15) is 0 Å². The molecule has 0 bridgehead atoms. The van der Waals surface area contributed by atoms with Gasteiger partial charge in [0, 0.05) is 13.2 Å². The molecule has 0 radical (unpaired) electrons. The zero-order valence-electron chi connectivity index (χ0n) is 14.5. The summed E-state index contributed by atoms with van der Waals surface area (Å²) in [6.45, 7) is 19.6. The van der Waals surface area contributed by atoms with Gasteiger partial charge in [0.2, 0.25) is 0 Å². The van der Waals surface area contributed by atoms with Gasteiger partial charge in [-0.05, 0) is 35.8 Å². The van der Waals surface area contributed by atoms with Crippen molar-refractivity contribution in [2.24, 2.45) is 23.7 Å². The molecule has 0 saturated heterocycles. The highest BCUT2D eigenvalue weighted by Crippen LogP contribution is 2.29. The van der Waals surface area contributed by atoms with Crippen molar-refractivity contribution >= 4 is 8.56 Å². The zero-order chi connectivity index (χ0) is 15.1. The Labute approximate surface area is 122 Å². The van der Waals surface area contributed by atoms with Crippen molar-refractivity contribution in [2.45, 2.75) is 67.5 Å². The molecule has 0 aromatic rings. The molecule has 0 heterocycles. The third-order valence-electron chi connectivity index (χ3n) is 2.80. The fourth-order valence-corrected chi connectivity index (χ4v) is 6.73. The second-order valence-electron chi connectivity index (χ2n) is 7.52. The van der Waals surface area contributed by atoms with Crippen molar-refractivity contribution in [2.75, 3.05) is 13.2 Å². The fraction of sp³-hybridized carbons (Fsp3) is 1.00. The molecule has 3 heteroatoms. The molecule has 0 spiro atoms. The molecule has 19 heavy (non-hydrogen) atoms. The Bertz CT molecular complexity index is 201. The molecule has 0 aromatic carbocycles. The van der Waals surface area contributed by atoms with Gasteiger partial charge < -0.3 is 8.85 Å². The highest BCUT2D eigenvalue weighted by atomic mass is 28.4. The van der Waals surface area contributed by atoms with Crippen LogP contribution in [0.25, 0.3) is 0 Å². The minimum absolute atomic E-state index is 0.578. The van der Waals surface area contributed by atoms with Gasteiger partial charge in [-0.25, -0.2) is 0 Å². The molecule has 0 aliphatic carbocycles. The van der Waals surface area contributed by atoms with E-state index in [1.54, 1.807) is 0 Å². The van der Waals surface area contributed by atoms with E-state index in [4.69, 9.17) is 8.85 Å². The highest BCUT2D eigenvalue weighted by molar-refractivity contribution is 6.67. The van der Waals surface area contributed by atoms with Crippen LogP contribution in [-0.2, 0) is 8.85 Å². The maximum absolute atomic E-state index is 6.38. The Morgan fingerprint density at radius 2 is 0.895 bits per heavy atom. The van der Waals surface area contributed by atoms with E-state index in [0.29, 0.717) is 23.7 Å². The van der Waals surface area contributed by atoms with Crippen LogP contribution < -0.4 is 0 Å². The third kappa shape index (κ3) is 9.64. The van der Waals surface area contributed by atoms with E-state index in [-0.39, 0.29) is 0 Å². The lowest BCUT2D eigenvalue weighted by atomic mass is 10.2. The molecular formula is C16H36O2Si. The van der Waals surface area contributed by atoms with Crippen LogP contribution in [0.3, 0.4) is 0 Å². The third-order valence-corrected chi connectivity index (χ3v) is 7.06. The van der Waals surface area contributed by atoms with Crippen LogP contribution in [0.5, 0.6) is 0 Å². The van der Waals surface area contributed by atoms with Gasteiger partial charge in [-0.1, -0.05) is 55.4 Å². The standard InChI is InChI=1S/C16H36O2Si/c1-13(2)9-17-19(11-15(5)6,12-16(7)8)18-10-14(3)4/h13-16H,9-12H2,1-8H3. The van der Waals surface area contributed by atoms with Crippen LogP contribution >= 0.6 is 0 Å². The monoisotopic (exact) mass is 288 g/mol. The smallest absolute Gasteiger partial charge is 0.338 e. The molecule has 0 aromatic heterocycles. The molecule has 0 aliphatic heterocycles. The Kier molecular flexibility index (Phi) is 9.21. The summed E-state index contributed by atoms with van der Waals surface area (Å²) in [5, 5.41) is 0. The first-order chi connectivity index (χ1) is 8.67. The summed E-state index contributed by atoms with van der Waals surface area (Å²) in [7, 11) is -2.05. The Morgan fingerprint density at radius 1 is 0.579 bits per heavy atom. The number of hydrogen-bond acceptors (Lipinski definition) is 2. The summed E-state index contributed by atoms with van der Waals surface area (Å²) < 4.78 is 12.8. The minimum atomic E-state index is -2.05. The average Bonchev–Trinajstić information content (AvgIpc) is 2.22. The predicted molar refractivity (Wildman–Crippen MR) is 86.6 cm³/mol. The normalized spacial score (nSPS) is 13.3. The van der Waals surface area contributed by atoms with E-state index in [9.17, 15) is 0 Å². The zero-order valence-corrected chi connectivity index (χ0v) is 15.5. The summed E-state index contributed by atoms with van der Waals surface area (Å²) in [5.41, 5.74) is 0. The first kappa shape index (κ1) is 19.1. The second-order valence-corrected chi connectivity index (χ2v) is 10.7. The maximum atomic E-state index is 6.38. The van der Waals surface area contributed by atoms with Crippen molar-refractivity contribution in [3.63, 3.8) is 0 Å². The first-order valence-electron chi connectivity index (χ1n) is 7.94. The topological polar surface area (TPSA) is 18.5 Å². The van der Waals surface area contributed by atoms with Crippen molar-refractivity contribution in [1.29, 1.82) is 0 Å². The molecule has 0 saturated carbocycles. The molecular weight excluding hydrogens is 252 g/mol. The molecule has 0 aliphatic rings. The van der Waals surface area contributed by atoms with Crippen LogP contribution in [0, 0.1) is 23.7 Å². The quantitative estimate of drug-likeness (QED) is 0.522. The van der Waals surface area contributed by atoms with Gasteiger partial charge in [-0.3, -0.25) is 0 Å². The Morgan fingerprint density at radius 3 is 1.11 bits per heavy atom. The molecule has 0 rings (SSSR count). The van der Waals surface area contributed by atoms with Crippen LogP contribution in [0.2, 0.25) is 12.1 Å². The van der Waals surface area contributed by atoms with E-state index >= 15 is 0 Å². The van der Waals surface area contributed by atoms with Gasteiger partial charge in [-0.2, -0.15) is 0 Å². The summed E-state index contributed by atoms with van der Waals surface area (Å²) >= 11 is 0. The van der Waals surface area contributed by atoms with Crippen LogP contribution in [0.15, 0.2) is 0 Å². The molecule has 0 atom stereocenters. The largest absolute Gasteiger partial charge is 0.394 e. The number of hydrogen-bond donors (Lipinski definition) is 0. The van der Waals surface area contributed by atoms with Crippen LogP contribution in [0.1, 0.15) is 55.4 Å². The average molecular weight is 289 g/mol. The molecule has 116 valence electrons. The summed E-state index contributed by atoms with van der Waals surface area (Å²) in [6, 6.07) is 2.23. The highest BCUT2D eigenvalue weighted by Gasteiger charge is 2.39. The van der Waals surface area contributed by atoms with E-state index in [1.807, 2.05) is 0 Å². The molecule has 2 nitrogen and oxygen atoms in total. The van der Waals surface area contributed by atoms with Crippen molar-refractivity contribution in [3.8, 4) is 0 Å². The maximum Gasteiger partial charge on any atom is 0.338 e. The lowest BCUT2D eigenvalue weighted by molar-refractivity contribution is 0.131. The minimum Gasteiger partial charge on any atom is -0.394 e. The van der Waals surface area contributed by atoms with Crippen molar-refractivity contribution in [1.82, 2.24) is 0 Å². The second kappa shape index (κ2) is 9.14. The predicted octanol–water partition coefficient (Wildman–Crippen LogP) is 5.09. The van der Waals surface area contributed by atoms with E-state index in [2.05, 4.69) is 55.4 Å². The van der Waals surface area contributed by atoms with Gasteiger partial charge in [0.05, 0.1) is 0 Å². The first-order valence-corrected chi connectivity index (χ1v) is 10.2. The molecule has 0 N–H and O–H groups in total. The lowest BCUT2D eigenvalue weighted by Crippen LogP contribution is -2.46. The van der Waals surface area contributed by atoms with Gasteiger partial charge in [-0.15, -0.1) is 0 Å².